The second-order valence-electron chi connectivity index (χ2n) is 3.94. The lowest BCUT2D eigenvalue weighted by Crippen LogP contribution is -2.35. The van der Waals surface area contributed by atoms with Crippen LogP contribution in [0.3, 0.4) is 0 Å². The zero-order valence-corrected chi connectivity index (χ0v) is 7.21. The number of rotatable bonds is 2. The molecule has 0 aromatic rings. The van der Waals surface area contributed by atoms with Crippen molar-refractivity contribution in [3.8, 4) is 0 Å². The van der Waals surface area contributed by atoms with Crippen LogP contribution in [0.5, 0.6) is 0 Å². The number of nitrogens with two attached hydrogens (primary N) is 1. The average Bonchev–Trinajstić information content (AvgIpc) is 2.33. The summed E-state index contributed by atoms with van der Waals surface area (Å²) in [6, 6.07) is 0.195. The van der Waals surface area contributed by atoms with Crippen LogP contribution in [0, 0.1) is 10.3 Å². The fourth-order valence-electron chi connectivity index (χ4n) is 1.74. The molecule has 1 rings (SSSR count). The fourth-order valence-corrected chi connectivity index (χ4v) is 1.74. The summed E-state index contributed by atoms with van der Waals surface area (Å²) in [5.74, 6) is 0. The highest BCUT2D eigenvalue weighted by atomic mass is 16.3. The van der Waals surface area contributed by atoms with E-state index in [1.807, 2.05) is 6.92 Å². The molecular formula is C8H16N2O. The van der Waals surface area contributed by atoms with Gasteiger partial charge in [0.2, 0.25) is 0 Å². The summed E-state index contributed by atoms with van der Waals surface area (Å²) in [4.78, 5) is 10.2. The lowest BCUT2D eigenvalue weighted by atomic mass is 9.82. The van der Waals surface area contributed by atoms with Gasteiger partial charge in [0.05, 0.1) is 6.04 Å². The van der Waals surface area contributed by atoms with E-state index in [1.54, 1.807) is 0 Å². The highest BCUT2D eigenvalue weighted by Gasteiger charge is 2.38. The maximum atomic E-state index is 10.2. The predicted molar refractivity (Wildman–Crippen MR) is 45.2 cm³/mol. The number of hydrogen-bond acceptors (Lipinski definition) is 3. The smallest absolute Gasteiger partial charge is 0.0925 e. The first kappa shape index (κ1) is 8.65. The fraction of sp³-hybridized carbons (Fsp3) is 1.00. The van der Waals surface area contributed by atoms with Gasteiger partial charge in [-0.2, -0.15) is 4.91 Å². The maximum Gasteiger partial charge on any atom is 0.0925 e. The van der Waals surface area contributed by atoms with Gasteiger partial charge in [-0.1, -0.05) is 12.1 Å². The lowest BCUT2D eigenvalue weighted by Gasteiger charge is -2.27. The number of nitroso groups, excluding NO2 is 1. The maximum absolute atomic E-state index is 10.2. The zero-order valence-electron chi connectivity index (χ0n) is 7.21. The van der Waals surface area contributed by atoms with Crippen LogP contribution in [-0.2, 0) is 0 Å². The van der Waals surface area contributed by atoms with Crippen molar-refractivity contribution in [2.45, 2.75) is 45.2 Å². The van der Waals surface area contributed by atoms with Crippen LogP contribution in [0.25, 0.3) is 0 Å². The van der Waals surface area contributed by atoms with Crippen LogP contribution >= 0.6 is 0 Å². The molecule has 0 aromatic carbocycles. The highest BCUT2D eigenvalue weighted by Crippen LogP contribution is 2.40. The normalized spacial score (nSPS) is 40.5. The molecule has 0 aromatic heterocycles. The van der Waals surface area contributed by atoms with Crippen molar-refractivity contribution < 1.29 is 0 Å². The lowest BCUT2D eigenvalue weighted by molar-refractivity contribution is 0.273. The molecule has 0 spiro atoms. The van der Waals surface area contributed by atoms with E-state index >= 15 is 0 Å². The molecule has 1 saturated carbocycles. The van der Waals surface area contributed by atoms with Gasteiger partial charge in [0.15, 0.2) is 0 Å². The molecule has 1 aliphatic carbocycles. The summed E-state index contributed by atoms with van der Waals surface area (Å²) in [5.41, 5.74) is 5.96. The second kappa shape index (κ2) is 2.89. The van der Waals surface area contributed by atoms with Crippen molar-refractivity contribution in [1.29, 1.82) is 0 Å². The molecule has 0 amide bonds. The van der Waals surface area contributed by atoms with Crippen LogP contribution in [-0.4, -0.2) is 12.1 Å². The van der Waals surface area contributed by atoms with Gasteiger partial charge in [-0.25, -0.2) is 0 Å². The zero-order chi connectivity index (χ0) is 8.48. The van der Waals surface area contributed by atoms with E-state index < -0.39 is 0 Å². The first-order chi connectivity index (χ1) is 5.08. The summed E-state index contributed by atoms with van der Waals surface area (Å²) in [7, 11) is 0. The Morgan fingerprint density at radius 3 is 2.64 bits per heavy atom. The first-order valence-corrected chi connectivity index (χ1v) is 4.16. The molecule has 0 heterocycles. The average molecular weight is 156 g/mol. The number of hydrogen-bond donors (Lipinski definition) is 1. The monoisotopic (exact) mass is 156 g/mol. The van der Waals surface area contributed by atoms with Crippen LogP contribution in [0.2, 0.25) is 0 Å². The quantitative estimate of drug-likeness (QED) is 0.618. The Morgan fingerprint density at radius 2 is 2.36 bits per heavy atom. The summed E-state index contributed by atoms with van der Waals surface area (Å²) in [6.07, 6.45) is 2.83. The van der Waals surface area contributed by atoms with E-state index in [0.717, 1.165) is 19.3 Å². The van der Waals surface area contributed by atoms with E-state index in [9.17, 15) is 4.91 Å². The summed E-state index contributed by atoms with van der Waals surface area (Å²) in [5, 5.41) is 3.06. The third-order valence-corrected chi connectivity index (χ3v) is 3.00. The Bertz CT molecular complexity index is 158. The van der Waals surface area contributed by atoms with Gasteiger partial charge in [0.1, 0.15) is 0 Å². The summed E-state index contributed by atoms with van der Waals surface area (Å²) < 4.78 is 0. The van der Waals surface area contributed by atoms with Crippen molar-refractivity contribution in [3.05, 3.63) is 4.91 Å². The van der Waals surface area contributed by atoms with Gasteiger partial charge in [-0.3, -0.25) is 0 Å². The molecule has 0 radical (unpaired) electrons. The van der Waals surface area contributed by atoms with Crippen LogP contribution in [0.15, 0.2) is 5.18 Å². The van der Waals surface area contributed by atoms with Crippen LogP contribution in [0.4, 0.5) is 0 Å². The highest BCUT2D eigenvalue weighted by molar-refractivity contribution is 4.93. The van der Waals surface area contributed by atoms with Gasteiger partial charge in [-0.05, 0) is 31.6 Å². The number of nitrogens with zero attached hydrogens (tertiary/aromatic N) is 1. The molecule has 11 heavy (non-hydrogen) atoms. The van der Waals surface area contributed by atoms with Crippen molar-refractivity contribution in [2.24, 2.45) is 16.3 Å². The minimum atomic E-state index is 0.0194. The predicted octanol–water partition coefficient (Wildman–Crippen LogP) is 1.66. The third kappa shape index (κ3) is 1.59. The molecule has 0 aliphatic heterocycles. The van der Waals surface area contributed by atoms with Crippen molar-refractivity contribution in [1.82, 2.24) is 0 Å². The van der Waals surface area contributed by atoms with E-state index in [2.05, 4.69) is 12.1 Å². The van der Waals surface area contributed by atoms with E-state index in [1.165, 1.54) is 0 Å². The largest absolute Gasteiger partial charge is 0.327 e. The van der Waals surface area contributed by atoms with E-state index in [0.29, 0.717) is 0 Å². The molecule has 2 N–H and O–H groups in total. The molecule has 3 unspecified atom stereocenters. The molecule has 64 valence electrons. The molecule has 0 bridgehead atoms. The molecular weight excluding hydrogens is 140 g/mol. The third-order valence-electron chi connectivity index (χ3n) is 3.00. The van der Waals surface area contributed by atoms with E-state index in [-0.39, 0.29) is 17.5 Å². The standard InChI is InChI=1S/C8H16N2O/c1-6(9)8(2)4-3-7(5-8)10-11/h6-7H,3-5,9H2,1-2H3. The Hall–Kier alpha value is -0.440. The Kier molecular flexibility index (Phi) is 2.28. The SMILES string of the molecule is CC(N)C1(C)CCC(N=O)C1. The van der Waals surface area contributed by atoms with Gasteiger partial charge >= 0.3 is 0 Å². The molecule has 3 heteroatoms. The first-order valence-electron chi connectivity index (χ1n) is 4.16. The topological polar surface area (TPSA) is 55.4 Å². The van der Waals surface area contributed by atoms with Gasteiger partial charge in [-0.15, -0.1) is 0 Å². The minimum Gasteiger partial charge on any atom is -0.327 e. The summed E-state index contributed by atoms with van der Waals surface area (Å²) >= 11 is 0. The van der Waals surface area contributed by atoms with Crippen molar-refractivity contribution in [2.75, 3.05) is 0 Å². The van der Waals surface area contributed by atoms with Gasteiger partial charge in [0, 0.05) is 6.04 Å². The minimum absolute atomic E-state index is 0.0194. The molecule has 3 atom stereocenters. The molecule has 1 aliphatic rings. The van der Waals surface area contributed by atoms with Crippen molar-refractivity contribution in [3.63, 3.8) is 0 Å². The Labute approximate surface area is 67.3 Å². The molecule has 3 nitrogen and oxygen atoms in total. The van der Waals surface area contributed by atoms with Gasteiger partial charge in [0.25, 0.3) is 0 Å². The van der Waals surface area contributed by atoms with Gasteiger partial charge < -0.3 is 5.73 Å². The second-order valence-corrected chi connectivity index (χ2v) is 3.94. The Balaban J connectivity index is 2.57. The van der Waals surface area contributed by atoms with Crippen LogP contribution < -0.4 is 5.73 Å². The molecule has 1 fully saturated rings. The Morgan fingerprint density at radius 1 is 1.73 bits per heavy atom. The van der Waals surface area contributed by atoms with Crippen molar-refractivity contribution >= 4 is 0 Å². The molecule has 0 saturated heterocycles. The summed E-state index contributed by atoms with van der Waals surface area (Å²) in [6.45, 7) is 4.15. The van der Waals surface area contributed by atoms with Crippen LogP contribution in [0.1, 0.15) is 33.1 Å². The van der Waals surface area contributed by atoms with E-state index in [4.69, 9.17) is 5.73 Å².